The second-order valence-corrected chi connectivity index (χ2v) is 5.14. The fourth-order valence-electron chi connectivity index (χ4n) is 2.08. The van der Waals surface area contributed by atoms with Crippen molar-refractivity contribution in [1.82, 2.24) is 0 Å². The monoisotopic (exact) mass is 293 g/mol. The molecule has 1 unspecified atom stereocenters. The van der Waals surface area contributed by atoms with Crippen LogP contribution in [0.3, 0.4) is 0 Å². The van der Waals surface area contributed by atoms with E-state index < -0.39 is 28.9 Å². The molecule has 1 saturated carbocycles. The molecule has 1 nitrogen and oxygen atoms in total. The van der Waals surface area contributed by atoms with Gasteiger partial charge in [0.2, 0.25) is 0 Å². The van der Waals surface area contributed by atoms with Gasteiger partial charge in [-0.25, -0.2) is 13.2 Å². The third-order valence-electron chi connectivity index (χ3n) is 3.27. The predicted molar refractivity (Wildman–Crippen MR) is 58.6 cm³/mol. The van der Waals surface area contributed by atoms with Crippen LogP contribution < -0.4 is 5.73 Å². The molecule has 0 bridgehead atoms. The predicted octanol–water partition coefficient (Wildman–Crippen LogP) is 3.25. The number of benzene rings is 1. The van der Waals surface area contributed by atoms with Crippen LogP contribution in [0.15, 0.2) is 10.5 Å². The van der Waals surface area contributed by atoms with Gasteiger partial charge in [0, 0.05) is 17.0 Å². The molecule has 0 amide bonds. The maximum Gasteiger partial charge on any atom is 0.165 e. The van der Waals surface area contributed by atoms with Gasteiger partial charge >= 0.3 is 0 Å². The molecule has 0 aliphatic heterocycles. The lowest BCUT2D eigenvalue weighted by Crippen LogP contribution is -2.33. The Morgan fingerprint density at radius 3 is 2.31 bits per heavy atom. The molecule has 1 aliphatic carbocycles. The van der Waals surface area contributed by atoms with Gasteiger partial charge in [-0.05, 0) is 41.8 Å². The summed E-state index contributed by atoms with van der Waals surface area (Å²) in [6, 6.07) is 0.399. The molecular formula is C11H11BrF3N. The quantitative estimate of drug-likeness (QED) is 0.833. The van der Waals surface area contributed by atoms with Crippen LogP contribution in [0.1, 0.15) is 25.3 Å². The third kappa shape index (κ3) is 1.57. The van der Waals surface area contributed by atoms with Crippen LogP contribution in [0.2, 0.25) is 0 Å². The van der Waals surface area contributed by atoms with Crippen LogP contribution in [0.25, 0.3) is 0 Å². The first kappa shape index (κ1) is 11.9. The third-order valence-corrected chi connectivity index (χ3v) is 3.85. The van der Waals surface area contributed by atoms with Gasteiger partial charge in [-0.1, -0.05) is 0 Å². The highest BCUT2D eigenvalue weighted by Crippen LogP contribution is 2.52. The highest BCUT2D eigenvalue weighted by molar-refractivity contribution is 9.10. The van der Waals surface area contributed by atoms with Crippen LogP contribution >= 0.6 is 15.9 Å². The van der Waals surface area contributed by atoms with Crippen LogP contribution in [0.5, 0.6) is 0 Å². The molecule has 1 aromatic rings. The Balaban J connectivity index is 2.65. The minimum absolute atomic E-state index is 0.0617. The van der Waals surface area contributed by atoms with E-state index in [0.717, 1.165) is 6.07 Å². The Morgan fingerprint density at radius 1 is 1.31 bits per heavy atom. The molecule has 2 rings (SSSR count). The van der Waals surface area contributed by atoms with E-state index in [1.54, 1.807) is 6.92 Å². The Hall–Kier alpha value is -0.550. The first-order valence-electron chi connectivity index (χ1n) is 4.99. The Morgan fingerprint density at radius 2 is 1.88 bits per heavy atom. The summed E-state index contributed by atoms with van der Waals surface area (Å²) in [6.07, 6.45) is 1.18. The summed E-state index contributed by atoms with van der Waals surface area (Å²) in [5, 5.41) is 0. The second-order valence-electron chi connectivity index (χ2n) is 4.29. The van der Waals surface area contributed by atoms with Crippen molar-refractivity contribution >= 4 is 15.9 Å². The second kappa shape index (κ2) is 3.74. The van der Waals surface area contributed by atoms with Gasteiger partial charge in [0.25, 0.3) is 0 Å². The Bertz CT molecular complexity index is 415. The molecular weight excluding hydrogens is 283 g/mol. The molecule has 0 spiro atoms. The molecule has 1 fully saturated rings. The summed E-state index contributed by atoms with van der Waals surface area (Å²) in [6.45, 7) is 1.69. The van der Waals surface area contributed by atoms with E-state index in [1.165, 1.54) is 0 Å². The maximum atomic E-state index is 13.8. The van der Waals surface area contributed by atoms with E-state index in [1.807, 2.05) is 0 Å². The van der Waals surface area contributed by atoms with Crippen LogP contribution in [-0.2, 0) is 5.41 Å². The Kier molecular flexibility index (Phi) is 2.78. The summed E-state index contributed by atoms with van der Waals surface area (Å²) >= 11 is 2.88. The molecule has 0 saturated heterocycles. The van der Waals surface area contributed by atoms with Crippen molar-refractivity contribution in [3.63, 3.8) is 0 Å². The number of hydrogen-bond acceptors (Lipinski definition) is 1. The molecule has 0 aromatic heterocycles. The van der Waals surface area contributed by atoms with E-state index in [2.05, 4.69) is 15.9 Å². The molecule has 5 heteroatoms. The highest BCUT2D eigenvalue weighted by atomic mass is 79.9. The topological polar surface area (TPSA) is 26.0 Å². The number of hydrogen-bond donors (Lipinski definition) is 1. The molecule has 2 N–H and O–H groups in total. The normalized spacial score (nSPS) is 19.6. The van der Waals surface area contributed by atoms with Crippen molar-refractivity contribution < 1.29 is 13.2 Å². The van der Waals surface area contributed by atoms with Crippen LogP contribution in [0.4, 0.5) is 13.2 Å². The summed E-state index contributed by atoms with van der Waals surface area (Å²) in [5.74, 6) is -2.90. The lowest BCUT2D eigenvalue weighted by atomic mass is 9.88. The van der Waals surface area contributed by atoms with Crippen molar-refractivity contribution in [3.05, 3.63) is 33.6 Å². The fourth-order valence-corrected chi connectivity index (χ4v) is 2.48. The zero-order valence-corrected chi connectivity index (χ0v) is 10.2. The molecule has 88 valence electrons. The molecule has 16 heavy (non-hydrogen) atoms. The van der Waals surface area contributed by atoms with Crippen molar-refractivity contribution in [1.29, 1.82) is 0 Å². The van der Waals surface area contributed by atoms with Gasteiger partial charge in [0.1, 0.15) is 5.82 Å². The summed E-state index contributed by atoms with van der Waals surface area (Å²) in [7, 11) is 0. The number of nitrogens with two attached hydrogens (primary N) is 1. The maximum absolute atomic E-state index is 13.8. The average molecular weight is 294 g/mol. The lowest BCUT2D eigenvalue weighted by Gasteiger charge is -2.22. The van der Waals surface area contributed by atoms with Crippen molar-refractivity contribution in [3.8, 4) is 0 Å². The lowest BCUT2D eigenvalue weighted by molar-refractivity contribution is 0.434. The van der Waals surface area contributed by atoms with E-state index in [4.69, 9.17) is 5.73 Å². The van der Waals surface area contributed by atoms with Crippen LogP contribution in [-0.4, -0.2) is 6.04 Å². The van der Waals surface area contributed by atoms with Crippen molar-refractivity contribution in [2.75, 3.05) is 0 Å². The van der Waals surface area contributed by atoms with Gasteiger partial charge in [-0.3, -0.25) is 0 Å². The van der Waals surface area contributed by atoms with E-state index >= 15 is 0 Å². The standard InChI is InChI=1S/C11H11BrF3N/c1-5(16)11(2-3-11)8-9(14)6(12)4-7(13)10(8)15/h4-5H,2-3,16H2,1H3. The van der Waals surface area contributed by atoms with E-state index in [9.17, 15) is 13.2 Å². The molecule has 1 atom stereocenters. The minimum atomic E-state index is -1.12. The number of rotatable bonds is 2. The SMILES string of the molecule is CC(N)C1(c2c(F)c(F)cc(Br)c2F)CC1. The van der Waals surface area contributed by atoms with Gasteiger partial charge in [-0.15, -0.1) is 0 Å². The van der Waals surface area contributed by atoms with Crippen molar-refractivity contribution in [2.24, 2.45) is 5.73 Å². The highest BCUT2D eigenvalue weighted by Gasteiger charge is 2.51. The average Bonchev–Trinajstić information content (AvgIpc) is 2.97. The van der Waals surface area contributed by atoms with Gasteiger partial charge < -0.3 is 5.73 Å². The first-order chi connectivity index (χ1) is 7.40. The van der Waals surface area contributed by atoms with Gasteiger partial charge in [0.05, 0.1) is 4.47 Å². The van der Waals surface area contributed by atoms with Gasteiger partial charge in [0.15, 0.2) is 11.6 Å². The van der Waals surface area contributed by atoms with Gasteiger partial charge in [-0.2, -0.15) is 0 Å². The molecule has 1 aliphatic rings. The molecule has 1 aromatic carbocycles. The van der Waals surface area contributed by atoms with E-state index in [0.29, 0.717) is 12.8 Å². The van der Waals surface area contributed by atoms with Crippen molar-refractivity contribution in [2.45, 2.75) is 31.2 Å². The zero-order valence-electron chi connectivity index (χ0n) is 8.66. The minimum Gasteiger partial charge on any atom is -0.327 e. The first-order valence-corrected chi connectivity index (χ1v) is 5.78. The molecule has 0 radical (unpaired) electrons. The largest absolute Gasteiger partial charge is 0.327 e. The van der Waals surface area contributed by atoms with E-state index in [-0.39, 0.29) is 10.0 Å². The fraction of sp³-hybridized carbons (Fsp3) is 0.455. The molecule has 0 heterocycles. The zero-order chi connectivity index (χ0) is 12.1. The Labute approximate surface area is 100.0 Å². The smallest absolute Gasteiger partial charge is 0.165 e. The summed E-state index contributed by atoms with van der Waals surface area (Å²) < 4.78 is 40.6. The summed E-state index contributed by atoms with van der Waals surface area (Å²) in [5.41, 5.74) is 4.78. The number of halogens is 4. The summed E-state index contributed by atoms with van der Waals surface area (Å²) in [4.78, 5) is 0. The van der Waals surface area contributed by atoms with Crippen LogP contribution in [0, 0.1) is 17.5 Å².